The Morgan fingerprint density at radius 1 is 1.21 bits per heavy atom. The summed E-state index contributed by atoms with van der Waals surface area (Å²) in [7, 11) is 0. The van der Waals surface area contributed by atoms with E-state index in [-0.39, 0.29) is 12.5 Å². The van der Waals surface area contributed by atoms with Gasteiger partial charge in [-0.25, -0.2) is 4.98 Å². The van der Waals surface area contributed by atoms with Crippen LogP contribution in [0.3, 0.4) is 0 Å². The van der Waals surface area contributed by atoms with E-state index in [0.717, 1.165) is 37.4 Å². The van der Waals surface area contributed by atoms with Crippen LogP contribution >= 0.6 is 22.9 Å². The number of nitrogens with zero attached hydrogens (tertiary/aromatic N) is 2. The number of anilines is 2. The average Bonchev–Trinajstić information content (AvgIpc) is 3.51. The number of aromatic nitrogens is 1. The van der Waals surface area contributed by atoms with Crippen LogP contribution in [0.15, 0.2) is 42.5 Å². The number of carbonyl (C=O) groups excluding carboxylic acids is 1. The second kappa shape index (κ2) is 11.6. The maximum atomic E-state index is 13.1. The topological polar surface area (TPSA) is 101 Å². The van der Waals surface area contributed by atoms with Gasteiger partial charge in [0.1, 0.15) is 9.88 Å². The number of likely N-dealkylation sites (tertiary alicyclic amines) is 1. The predicted molar refractivity (Wildman–Crippen MR) is 140 cm³/mol. The molecule has 4 rings (SSSR count). The van der Waals surface area contributed by atoms with E-state index >= 15 is 0 Å². The maximum Gasteiger partial charge on any atom is 0.267 e. The summed E-state index contributed by atoms with van der Waals surface area (Å²) in [6.07, 6.45) is 4.11. The summed E-state index contributed by atoms with van der Waals surface area (Å²) >= 11 is 7.27. The lowest BCUT2D eigenvalue weighted by Gasteiger charge is -2.16. The predicted octanol–water partition coefficient (Wildman–Crippen LogP) is 4.76. The van der Waals surface area contributed by atoms with Crippen molar-refractivity contribution >= 4 is 46.4 Å². The van der Waals surface area contributed by atoms with Crippen molar-refractivity contribution in [1.29, 1.82) is 5.41 Å². The molecule has 1 aromatic heterocycles. The van der Waals surface area contributed by atoms with Gasteiger partial charge in [-0.3, -0.25) is 4.79 Å². The molecule has 1 aliphatic rings. The number of aliphatic hydroxyl groups excluding tert-OH is 1. The standard InChI is InChI=1S/C25H28ClN5O2S/c26-19-5-3-17(4-6-19)25-30-22(9-14-32)23(34-25)24(33)29-20-7-8-21(18(15-20)16-27)28-10-13-31-11-1-2-12-31/h3-8,15-16,27-28,32H,1-2,9-14H2,(H,29,33). The van der Waals surface area contributed by atoms with Crippen molar-refractivity contribution in [1.82, 2.24) is 9.88 Å². The Morgan fingerprint density at radius 2 is 1.97 bits per heavy atom. The first-order valence-corrected chi connectivity index (χ1v) is 12.6. The molecule has 2 aromatic carbocycles. The molecule has 9 heteroatoms. The van der Waals surface area contributed by atoms with Gasteiger partial charge in [-0.05, 0) is 56.3 Å². The second-order valence-electron chi connectivity index (χ2n) is 8.15. The molecule has 0 saturated carbocycles. The molecule has 0 unspecified atom stereocenters. The Kier molecular flexibility index (Phi) is 8.29. The Hall–Kier alpha value is -2.78. The summed E-state index contributed by atoms with van der Waals surface area (Å²) in [6, 6.07) is 12.8. The van der Waals surface area contributed by atoms with Crippen LogP contribution in [0.4, 0.5) is 11.4 Å². The van der Waals surface area contributed by atoms with Crippen molar-refractivity contribution < 1.29 is 9.90 Å². The van der Waals surface area contributed by atoms with Gasteiger partial charge in [0.2, 0.25) is 0 Å². The summed E-state index contributed by atoms with van der Waals surface area (Å²) < 4.78 is 0. The van der Waals surface area contributed by atoms with E-state index in [1.54, 1.807) is 18.2 Å². The summed E-state index contributed by atoms with van der Waals surface area (Å²) in [5, 5.41) is 24.9. The molecule has 4 N–H and O–H groups in total. The Morgan fingerprint density at radius 3 is 2.68 bits per heavy atom. The van der Waals surface area contributed by atoms with Crippen LogP contribution in [0.25, 0.3) is 10.6 Å². The third-order valence-corrected chi connectivity index (χ3v) is 7.15. The minimum absolute atomic E-state index is 0.0974. The molecule has 1 aliphatic heterocycles. The third kappa shape index (κ3) is 6.01. The maximum absolute atomic E-state index is 13.1. The molecular formula is C25H28ClN5O2S. The van der Waals surface area contributed by atoms with Gasteiger partial charge in [-0.2, -0.15) is 0 Å². The Labute approximate surface area is 208 Å². The van der Waals surface area contributed by atoms with Crippen molar-refractivity contribution in [2.24, 2.45) is 0 Å². The molecule has 1 amide bonds. The lowest BCUT2D eigenvalue weighted by atomic mass is 10.1. The van der Waals surface area contributed by atoms with Crippen LogP contribution in [0.5, 0.6) is 0 Å². The molecule has 0 spiro atoms. The van der Waals surface area contributed by atoms with Crippen molar-refractivity contribution in [3.63, 3.8) is 0 Å². The van der Waals surface area contributed by atoms with Crippen molar-refractivity contribution in [2.75, 3.05) is 43.4 Å². The number of benzene rings is 2. The highest BCUT2D eigenvalue weighted by molar-refractivity contribution is 7.17. The quantitative estimate of drug-likeness (QED) is 0.303. The summed E-state index contributed by atoms with van der Waals surface area (Å²) in [6.45, 7) is 4.00. The van der Waals surface area contributed by atoms with E-state index in [1.165, 1.54) is 30.4 Å². The number of rotatable bonds is 10. The van der Waals surface area contributed by atoms with Crippen LogP contribution in [0.2, 0.25) is 5.02 Å². The first-order valence-electron chi connectivity index (χ1n) is 11.4. The van der Waals surface area contributed by atoms with Gasteiger partial charge in [-0.15, -0.1) is 11.3 Å². The van der Waals surface area contributed by atoms with E-state index in [4.69, 9.17) is 17.0 Å². The molecule has 0 aliphatic carbocycles. The van der Waals surface area contributed by atoms with Gasteiger partial charge in [0.15, 0.2) is 0 Å². The molecule has 1 saturated heterocycles. The minimum atomic E-state index is -0.285. The van der Waals surface area contributed by atoms with Gasteiger partial charge >= 0.3 is 0 Å². The van der Waals surface area contributed by atoms with Gasteiger partial charge < -0.3 is 26.0 Å². The monoisotopic (exact) mass is 497 g/mol. The lowest BCUT2D eigenvalue weighted by Crippen LogP contribution is -2.26. The van der Waals surface area contributed by atoms with E-state index in [9.17, 15) is 9.90 Å². The molecule has 3 aromatic rings. The molecule has 2 heterocycles. The highest BCUT2D eigenvalue weighted by Crippen LogP contribution is 2.30. The van der Waals surface area contributed by atoms with Crippen LogP contribution < -0.4 is 10.6 Å². The summed E-state index contributed by atoms with van der Waals surface area (Å²) in [5.74, 6) is -0.285. The molecule has 34 heavy (non-hydrogen) atoms. The van der Waals surface area contributed by atoms with Gasteiger partial charge in [0, 0.05) is 59.9 Å². The fraction of sp³-hybridized carbons (Fsp3) is 0.320. The lowest BCUT2D eigenvalue weighted by molar-refractivity contribution is 0.102. The number of carbonyl (C=O) groups is 1. The molecule has 7 nitrogen and oxygen atoms in total. The molecular weight excluding hydrogens is 470 g/mol. The minimum Gasteiger partial charge on any atom is -0.396 e. The second-order valence-corrected chi connectivity index (χ2v) is 9.59. The van der Waals surface area contributed by atoms with E-state index in [1.807, 2.05) is 24.3 Å². The van der Waals surface area contributed by atoms with E-state index in [0.29, 0.717) is 38.3 Å². The molecule has 178 valence electrons. The molecule has 0 radical (unpaired) electrons. The van der Waals surface area contributed by atoms with Crippen LogP contribution in [0, 0.1) is 5.41 Å². The number of thiazole rings is 1. The first-order chi connectivity index (χ1) is 16.6. The van der Waals surface area contributed by atoms with E-state index in [2.05, 4.69) is 20.5 Å². The average molecular weight is 498 g/mol. The highest BCUT2D eigenvalue weighted by atomic mass is 35.5. The molecule has 1 fully saturated rings. The van der Waals surface area contributed by atoms with E-state index < -0.39 is 0 Å². The highest BCUT2D eigenvalue weighted by Gasteiger charge is 2.19. The largest absolute Gasteiger partial charge is 0.396 e. The van der Waals surface area contributed by atoms with Crippen molar-refractivity contribution in [3.05, 3.63) is 63.6 Å². The first kappa shape index (κ1) is 24.3. The smallest absolute Gasteiger partial charge is 0.267 e. The van der Waals surface area contributed by atoms with Gasteiger partial charge in [0.25, 0.3) is 5.91 Å². The Balaban J connectivity index is 1.46. The fourth-order valence-corrected chi connectivity index (χ4v) is 5.12. The fourth-order valence-electron chi connectivity index (χ4n) is 3.98. The zero-order valence-corrected chi connectivity index (χ0v) is 20.4. The van der Waals surface area contributed by atoms with Gasteiger partial charge in [0.05, 0.1) is 5.69 Å². The number of hydrogen-bond acceptors (Lipinski definition) is 7. The number of aliphatic hydroxyl groups is 1. The van der Waals surface area contributed by atoms with Crippen LogP contribution in [-0.4, -0.2) is 59.9 Å². The van der Waals surface area contributed by atoms with Gasteiger partial charge in [-0.1, -0.05) is 23.7 Å². The summed E-state index contributed by atoms with van der Waals surface area (Å²) in [5.41, 5.74) is 3.60. The molecule has 0 atom stereocenters. The number of hydrogen-bond donors (Lipinski definition) is 4. The third-order valence-electron chi connectivity index (χ3n) is 5.75. The zero-order chi connectivity index (χ0) is 23.9. The number of amides is 1. The normalized spacial score (nSPS) is 13.7. The molecule has 0 bridgehead atoms. The van der Waals surface area contributed by atoms with Crippen molar-refractivity contribution in [3.8, 4) is 10.6 Å². The number of nitrogens with one attached hydrogen (secondary N) is 3. The summed E-state index contributed by atoms with van der Waals surface area (Å²) in [4.78, 5) is 20.6. The van der Waals surface area contributed by atoms with Crippen LogP contribution in [-0.2, 0) is 6.42 Å². The van der Waals surface area contributed by atoms with Crippen LogP contribution in [0.1, 0.15) is 33.8 Å². The number of halogens is 1. The zero-order valence-electron chi connectivity index (χ0n) is 18.8. The SMILES string of the molecule is N=Cc1cc(NC(=O)c2sc(-c3ccc(Cl)cc3)nc2CCO)ccc1NCCN1CCCC1. The van der Waals surface area contributed by atoms with Crippen molar-refractivity contribution in [2.45, 2.75) is 19.3 Å². The Bertz CT molecular complexity index is 1140.